The second-order valence-corrected chi connectivity index (χ2v) is 4.25. The molecule has 1 saturated heterocycles. The van der Waals surface area contributed by atoms with Crippen LogP contribution in [0.2, 0.25) is 0 Å². The molecule has 1 aliphatic carbocycles. The molecule has 2 rings (SSSR count). The second kappa shape index (κ2) is 3.57. The average molecular weight is 153 g/mol. The molecule has 1 heterocycles. The normalized spacial score (nSPS) is 33.3. The molecule has 1 aliphatic heterocycles. The first-order valence-electron chi connectivity index (χ1n) is 5.16. The van der Waals surface area contributed by atoms with Crippen LogP contribution in [0.15, 0.2) is 0 Å². The van der Waals surface area contributed by atoms with E-state index in [-0.39, 0.29) is 0 Å². The predicted molar refractivity (Wildman–Crippen MR) is 47.6 cm³/mol. The lowest BCUT2D eigenvalue weighted by Crippen LogP contribution is -2.31. The summed E-state index contributed by atoms with van der Waals surface area (Å²) in [6.07, 6.45) is 8.98. The minimum absolute atomic E-state index is 1.02. The van der Waals surface area contributed by atoms with Gasteiger partial charge in [0.05, 0.1) is 0 Å². The van der Waals surface area contributed by atoms with Gasteiger partial charge >= 0.3 is 0 Å². The van der Waals surface area contributed by atoms with E-state index < -0.39 is 0 Å². The molecular formula is C10H19N. The van der Waals surface area contributed by atoms with Gasteiger partial charge in [0.2, 0.25) is 0 Å². The van der Waals surface area contributed by atoms with Crippen molar-refractivity contribution in [3.05, 3.63) is 0 Å². The first kappa shape index (κ1) is 7.60. The molecule has 1 heteroatoms. The second-order valence-electron chi connectivity index (χ2n) is 4.25. The average Bonchev–Trinajstić information content (AvgIpc) is 1.99. The van der Waals surface area contributed by atoms with E-state index in [1.807, 2.05) is 0 Å². The largest absolute Gasteiger partial charge is 0.316 e. The predicted octanol–water partition coefficient (Wildman–Crippen LogP) is 2.18. The summed E-state index contributed by atoms with van der Waals surface area (Å²) in [5.41, 5.74) is 0. The van der Waals surface area contributed by atoms with Gasteiger partial charge in [0.25, 0.3) is 0 Å². The minimum Gasteiger partial charge on any atom is -0.316 e. The van der Waals surface area contributed by atoms with Crippen molar-refractivity contribution in [2.24, 2.45) is 11.8 Å². The molecule has 1 atom stereocenters. The van der Waals surface area contributed by atoms with Crippen LogP contribution in [0, 0.1) is 11.8 Å². The van der Waals surface area contributed by atoms with Crippen molar-refractivity contribution >= 4 is 0 Å². The van der Waals surface area contributed by atoms with E-state index in [0.29, 0.717) is 0 Å². The van der Waals surface area contributed by atoms with Crippen LogP contribution in [-0.4, -0.2) is 13.1 Å². The van der Waals surface area contributed by atoms with E-state index in [1.165, 1.54) is 51.6 Å². The molecule has 0 aromatic carbocycles. The van der Waals surface area contributed by atoms with Crippen LogP contribution in [0.3, 0.4) is 0 Å². The van der Waals surface area contributed by atoms with Crippen LogP contribution >= 0.6 is 0 Å². The first-order chi connectivity index (χ1) is 5.45. The van der Waals surface area contributed by atoms with Gasteiger partial charge in [-0.05, 0) is 44.2 Å². The van der Waals surface area contributed by atoms with Crippen LogP contribution < -0.4 is 5.32 Å². The fourth-order valence-electron chi connectivity index (χ4n) is 2.33. The van der Waals surface area contributed by atoms with Crippen LogP contribution in [0.5, 0.6) is 0 Å². The highest BCUT2D eigenvalue weighted by molar-refractivity contribution is 4.76. The number of nitrogens with one attached hydrogen (secondary N) is 1. The molecule has 11 heavy (non-hydrogen) atoms. The fraction of sp³-hybridized carbons (Fsp3) is 1.00. The third-order valence-electron chi connectivity index (χ3n) is 3.29. The molecule has 0 amide bonds. The minimum atomic E-state index is 1.02. The van der Waals surface area contributed by atoms with E-state index in [2.05, 4.69) is 5.32 Å². The van der Waals surface area contributed by atoms with E-state index in [9.17, 15) is 0 Å². The van der Waals surface area contributed by atoms with Gasteiger partial charge in [-0.3, -0.25) is 0 Å². The van der Waals surface area contributed by atoms with Gasteiger partial charge in [-0.25, -0.2) is 0 Å². The van der Waals surface area contributed by atoms with Gasteiger partial charge in [-0.15, -0.1) is 0 Å². The zero-order chi connectivity index (χ0) is 7.52. The summed E-state index contributed by atoms with van der Waals surface area (Å²) in [7, 11) is 0. The summed E-state index contributed by atoms with van der Waals surface area (Å²) in [5, 5.41) is 3.49. The highest BCUT2D eigenvalue weighted by Gasteiger charge is 2.22. The maximum Gasteiger partial charge on any atom is -0.00204 e. The van der Waals surface area contributed by atoms with Crippen molar-refractivity contribution in [3.8, 4) is 0 Å². The smallest absolute Gasteiger partial charge is 0.00204 e. The Labute approximate surface area is 69.6 Å². The van der Waals surface area contributed by atoms with E-state index in [4.69, 9.17) is 0 Å². The molecular weight excluding hydrogens is 134 g/mol. The maximum atomic E-state index is 3.49. The molecule has 2 fully saturated rings. The molecule has 0 unspecified atom stereocenters. The SMILES string of the molecule is C1CC(C[C@H]2CCCNC2)C1. The fourth-order valence-corrected chi connectivity index (χ4v) is 2.33. The topological polar surface area (TPSA) is 12.0 Å². The molecule has 0 radical (unpaired) electrons. The van der Waals surface area contributed by atoms with Crippen molar-refractivity contribution < 1.29 is 0 Å². The van der Waals surface area contributed by atoms with Crippen molar-refractivity contribution in [1.29, 1.82) is 0 Å². The maximum absolute atomic E-state index is 3.49. The lowest BCUT2D eigenvalue weighted by molar-refractivity contribution is 0.224. The van der Waals surface area contributed by atoms with Gasteiger partial charge in [-0.1, -0.05) is 19.3 Å². The molecule has 0 aromatic rings. The highest BCUT2D eigenvalue weighted by atomic mass is 14.9. The number of rotatable bonds is 2. The van der Waals surface area contributed by atoms with Crippen LogP contribution in [0.25, 0.3) is 0 Å². The molecule has 1 N–H and O–H groups in total. The van der Waals surface area contributed by atoms with Crippen LogP contribution in [0.1, 0.15) is 38.5 Å². The molecule has 1 saturated carbocycles. The third kappa shape index (κ3) is 1.96. The quantitative estimate of drug-likeness (QED) is 0.641. The Kier molecular flexibility index (Phi) is 2.47. The molecule has 0 aromatic heterocycles. The summed E-state index contributed by atoms with van der Waals surface area (Å²) < 4.78 is 0. The summed E-state index contributed by atoms with van der Waals surface area (Å²) in [5.74, 6) is 2.13. The molecule has 0 bridgehead atoms. The molecule has 64 valence electrons. The van der Waals surface area contributed by atoms with Gasteiger partial charge in [0.15, 0.2) is 0 Å². The monoisotopic (exact) mass is 153 g/mol. The Morgan fingerprint density at radius 3 is 2.36 bits per heavy atom. The number of hydrogen-bond donors (Lipinski definition) is 1. The lowest BCUT2D eigenvalue weighted by atomic mass is 9.77. The Balaban J connectivity index is 1.67. The number of piperidine rings is 1. The Bertz CT molecular complexity index is 112. The van der Waals surface area contributed by atoms with Crippen LogP contribution in [0.4, 0.5) is 0 Å². The van der Waals surface area contributed by atoms with E-state index in [1.54, 1.807) is 0 Å². The van der Waals surface area contributed by atoms with Crippen LogP contribution in [-0.2, 0) is 0 Å². The summed E-state index contributed by atoms with van der Waals surface area (Å²) in [6.45, 7) is 2.57. The third-order valence-corrected chi connectivity index (χ3v) is 3.29. The first-order valence-corrected chi connectivity index (χ1v) is 5.16. The molecule has 0 spiro atoms. The summed E-state index contributed by atoms with van der Waals surface area (Å²) in [6, 6.07) is 0. The zero-order valence-corrected chi connectivity index (χ0v) is 7.31. The van der Waals surface area contributed by atoms with Gasteiger partial charge in [-0.2, -0.15) is 0 Å². The summed E-state index contributed by atoms with van der Waals surface area (Å²) in [4.78, 5) is 0. The molecule has 1 nitrogen and oxygen atoms in total. The zero-order valence-electron chi connectivity index (χ0n) is 7.31. The standard InChI is InChI=1S/C10H19N/c1-3-9(4-1)7-10-5-2-6-11-8-10/h9-11H,1-8H2/t10-/m1/s1. The Hall–Kier alpha value is -0.0400. The highest BCUT2D eigenvalue weighted by Crippen LogP contribution is 2.33. The molecule has 2 aliphatic rings. The van der Waals surface area contributed by atoms with Gasteiger partial charge < -0.3 is 5.32 Å². The van der Waals surface area contributed by atoms with E-state index >= 15 is 0 Å². The van der Waals surface area contributed by atoms with Gasteiger partial charge in [0.1, 0.15) is 0 Å². The number of hydrogen-bond acceptors (Lipinski definition) is 1. The van der Waals surface area contributed by atoms with Crippen molar-refractivity contribution in [1.82, 2.24) is 5.32 Å². The van der Waals surface area contributed by atoms with E-state index in [0.717, 1.165) is 11.8 Å². The Morgan fingerprint density at radius 1 is 1.00 bits per heavy atom. The Morgan fingerprint density at radius 2 is 1.82 bits per heavy atom. The van der Waals surface area contributed by atoms with Crippen molar-refractivity contribution in [2.75, 3.05) is 13.1 Å². The lowest BCUT2D eigenvalue weighted by Gasteiger charge is -2.31. The summed E-state index contributed by atoms with van der Waals surface area (Å²) >= 11 is 0. The van der Waals surface area contributed by atoms with Crippen molar-refractivity contribution in [3.63, 3.8) is 0 Å². The van der Waals surface area contributed by atoms with Gasteiger partial charge in [0, 0.05) is 0 Å². The van der Waals surface area contributed by atoms with Crippen molar-refractivity contribution in [2.45, 2.75) is 38.5 Å².